The SMILES string of the molecule is COOC(=O)CC(C)(c1ccc(O)c(C(C)(C)C)c1)c1ccc(O)c(C(C)(C)C)c1. The predicted molar refractivity (Wildman–Crippen MR) is 118 cm³/mol. The number of rotatable bonds is 5. The summed E-state index contributed by atoms with van der Waals surface area (Å²) in [5.74, 6) is -0.0703. The van der Waals surface area contributed by atoms with Crippen molar-refractivity contribution in [3.63, 3.8) is 0 Å². The van der Waals surface area contributed by atoms with Crippen molar-refractivity contribution in [2.24, 2.45) is 0 Å². The number of phenolic OH excluding ortho intramolecular Hbond substituents is 2. The Balaban J connectivity index is 2.74. The van der Waals surface area contributed by atoms with E-state index in [-0.39, 0.29) is 28.7 Å². The lowest BCUT2D eigenvalue weighted by molar-refractivity contribution is -0.255. The van der Waals surface area contributed by atoms with Gasteiger partial charge in [-0.2, -0.15) is 4.89 Å². The van der Waals surface area contributed by atoms with Gasteiger partial charge in [-0.05, 0) is 45.2 Å². The second-order valence-electron chi connectivity index (χ2n) is 10.1. The Hall–Kier alpha value is -2.53. The van der Waals surface area contributed by atoms with Crippen LogP contribution in [0.25, 0.3) is 0 Å². The van der Waals surface area contributed by atoms with Crippen LogP contribution in [0.3, 0.4) is 0 Å². The van der Waals surface area contributed by atoms with E-state index in [1.807, 2.05) is 72.7 Å². The lowest BCUT2D eigenvalue weighted by Gasteiger charge is -2.33. The summed E-state index contributed by atoms with van der Waals surface area (Å²) >= 11 is 0. The fraction of sp³-hybridized carbons (Fsp3) is 0.480. The maximum atomic E-state index is 12.5. The van der Waals surface area contributed by atoms with E-state index in [9.17, 15) is 15.0 Å². The molecule has 2 rings (SSSR count). The Morgan fingerprint density at radius 3 is 1.53 bits per heavy atom. The molecule has 0 amide bonds. The molecular weight excluding hydrogens is 380 g/mol. The first-order chi connectivity index (χ1) is 13.7. The van der Waals surface area contributed by atoms with Crippen molar-refractivity contribution in [1.29, 1.82) is 0 Å². The van der Waals surface area contributed by atoms with Gasteiger partial charge in [-0.25, -0.2) is 4.79 Å². The topological polar surface area (TPSA) is 76.0 Å². The Morgan fingerprint density at radius 1 is 0.800 bits per heavy atom. The summed E-state index contributed by atoms with van der Waals surface area (Å²) in [6, 6.07) is 10.9. The maximum absolute atomic E-state index is 12.5. The van der Waals surface area contributed by atoms with Gasteiger partial charge in [-0.1, -0.05) is 72.7 Å². The van der Waals surface area contributed by atoms with E-state index in [0.29, 0.717) is 0 Å². The number of hydrogen-bond donors (Lipinski definition) is 2. The fourth-order valence-electron chi connectivity index (χ4n) is 3.74. The Labute approximate surface area is 179 Å². The van der Waals surface area contributed by atoms with Crippen LogP contribution in [0, 0.1) is 0 Å². The molecule has 0 aliphatic carbocycles. The molecule has 0 aliphatic heterocycles. The van der Waals surface area contributed by atoms with Crippen molar-refractivity contribution in [3.8, 4) is 11.5 Å². The average Bonchev–Trinajstić information content (AvgIpc) is 2.60. The molecule has 0 saturated heterocycles. The zero-order chi connectivity index (χ0) is 22.9. The van der Waals surface area contributed by atoms with Crippen LogP contribution >= 0.6 is 0 Å². The van der Waals surface area contributed by atoms with Gasteiger partial charge in [0, 0.05) is 5.41 Å². The van der Waals surface area contributed by atoms with Crippen molar-refractivity contribution in [2.45, 2.75) is 71.1 Å². The average molecular weight is 415 g/mol. The molecule has 0 saturated carbocycles. The molecule has 2 N–H and O–H groups in total. The van der Waals surface area contributed by atoms with Crippen LogP contribution < -0.4 is 0 Å². The van der Waals surface area contributed by atoms with E-state index in [2.05, 4.69) is 4.89 Å². The molecule has 0 fully saturated rings. The standard InChI is InChI=1S/C25H34O5/c1-23(2,3)18-13-16(9-11-20(18)26)25(7,15-22(28)30-29-8)17-10-12-21(27)19(14-17)24(4,5)6/h9-14,26-27H,15H2,1-8H3. The van der Waals surface area contributed by atoms with Crippen molar-refractivity contribution in [1.82, 2.24) is 0 Å². The van der Waals surface area contributed by atoms with Crippen LogP contribution in [0.1, 0.15) is 77.1 Å². The first kappa shape index (κ1) is 23.7. The Kier molecular flexibility index (Phi) is 6.57. The van der Waals surface area contributed by atoms with E-state index in [1.54, 1.807) is 12.1 Å². The van der Waals surface area contributed by atoms with Crippen molar-refractivity contribution in [3.05, 3.63) is 58.7 Å². The summed E-state index contributed by atoms with van der Waals surface area (Å²) in [6.07, 6.45) is 0.0313. The highest BCUT2D eigenvalue weighted by atomic mass is 17.2. The van der Waals surface area contributed by atoms with E-state index in [1.165, 1.54) is 7.11 Å². The third kappa shape index (κ3) is 4.96. The third-order valence-corrected chi connectivity index (χ3v) is 5.56. The summed E-state index contributed by atoms with van der Waals surface area (Å²) in [5.41, 5.74) is 1.99. The van der Waals surface area contributed by atoms with Gasteiger partial charge >= 0.3 is 5.97 Å². The van der Waals surface area contributed by atoms with Gasteiger partial charge in [0.25, 0.3) is 0 Å². The van der Waals surface area contributed by atoms with Crippen LogP contribution in [-0.4, -0.2) is 23.3 Å². The highest BCUT2D eigenvalue weighted by Gasteiger charge is 2.35. The fourth-order valence-corrected chi connectivity index (χ4v) is 3.74. The number of benzene rings is 2. The van der Waals surface area contributed by atoms with E-state index < -0.39 is 11.4 Å². The number of phenols is 2. The zero-order valence-corrected chi connectivity index (χ0v) is 19.3. The molecule has 2 aromatic carbocycles. The van der Waals surface area contributed by atoms with Crippen LogP contribution in [-0.2, 0) is 30.8 Å². The number of hydrogen-bond acceptors (Lipinski definition) is 5. The Bertz CT molecular complexity index is 853. The highest BCUT2D eigenvalue weighted by molar-refractivity contribution is 5.72. The highest BCUT2D eigenvalue weighted by Crippen LogP contribution is 2.42. The van der Waals surface area contributed by atoms with Gasteiger partial charge in [-0.3, -0.25) is 4.89 Å². The summed E-state index contributed by atoms with van der Waals surface area (Å²) in [5, 5.41) is 20.8. The number of carbonyl (C=O) groups is 1. The van der Waals surface area contributed by atoms with E-state index in [4.69, 9.17) is 4.89 Å². The number of aromatic hydroxyl groups is 2. The molecule has 0 atom stereocenters. The molecule has 0 aromatic heterocycles. The second-order valence-corrected chi connectivity index (χ2v) is 10.1. The maximum Gasteiger partial charge on any atom is 0.343 e. The smallest absolute Gasteiger partial charge is 0.343 e. The second kappa shape index (κ2) is 8.31. The van der Waals surface area contributed by atoms with Gasteiger partial charge in [0.1, 0.15) is 11.5 Å². The van der Waals surface area contributed by atoms with E-state index in [0.717, 1.165) is 22.3 Å². The molecule has 0 radical (unpaired) electrons. The molecule has 0 aliphatic rings. The monoisotopic (exact) mass is 414 g/mol. The van der Waals surface area contributed by atoms with Crippen molar-refractivity contribution >= 4 is 5.97 Å². The van der Waals surface area contributed by atoms with Crippen molar-refractivity contribution < 1.29 is 24.8 Å². The summed E-state index contributed by atoms with van der Waals surface area (Å²) in [7, 11) is 1.30. The van der Waals surface area contributed by atoms with Crippen LogP contribution in [0.2, 0.25) is 0 Å². The molecular formula is C25H34O5. The first-order valence-corrected chi connectivity index (χ1v) is 10.1. The first-order valence-electron chi connectivity index (χ1n) is 10.1. The molecule has 164 valence electrons. The van der Waals surface area contributed by atoms with Gasteiger partial charge in [0.2, 0.25) is 0 Å². The minimum Gasteiger partial charge on any atom is -0.508 e. The van der Waals surface area contributed by atoms with Gasteiger partial charge in [-0.15, -0.1) is 0 Å². The molecule has 0 spiro atoms. The number of carbonyl (C=O) groups excluding carboxylic acids is 1. The predicted octanol–water partition coefficient (Wildman–Crippen LogP) is 5.49. The quantitative estimate of drug-likeness (QED) is 0.499. The van der Waals surface area contributed by atoms with E-state index >= 15 is 0 Å². The lowest BCUT2D eigenvalue weighted by atomic mass is 9.70. The lowest BCUT2D eigenvalue weighted by Crippen LogP contribution is -2.29. The zero-order valence-electron chi connectivity index (χ0n) is 19.3. The van der Waals surface area contributed by atoms with Crippen LogP contribution in [0.5, 0.6) is 11.5 Å². The summed E-state index contributed by atoms with van der Waals surface area (Å²) < 4.78 is 0. The normalized spacial score (nSPS) is 12.7. The molecule has 5 nitrogen and oxygen atoms in total. The van der Waals surface area contributed by atoms with Gasteiger partial charge < -0.3 is 10.2 Å². The van der Waals surface area contributed by atoms with Gasteiger partial charge in [0.05, 0.1) is 13.5 Å². The Morgan fingerprint density at radius 2 is 1.20 bits per heavy atom. The largest absolute Gasteiger partial charge is 0.508 e. The minimum absolute atomic E-state index is 0.0313. The molecule has 0 heterocycles. The molecule has 0 unspecified atom stereocenters. The molecule has 5 heteroatoms. The third-order valence-electron chi connectivity index (χ3n) is 5.56. The molecule has 0 bridgehead atoms. The van der Waals surface area contributed by atoms with Crippen molar-refractivity contribution in [2.75, 3.05) is 7.11 Å². The molecule has 30 heavy (non-hydrogen) atoms. The summed E-state index contributed by atoms with van der Waals surface area (Å²) in [4.78, 5) is 21.8. The summed E-state index contributed by atoms with van der Waals surface area (Å²) in [6.45, 7) is 14.1. The minimum atomic E-state index is -0.767. The van der Waals surface area contributed by atoms with Gasteiger partial charge in [0.15, 0.2) is 0 Å². The van der Waals surface area contributed by atoms with Crippen LogP contribution in [0.15, 0.2) is 36.4 Å². The van der Waals surface area contributed by atoms with Crippen LogP contribution in [0.4, 0.5) is 0 Å². The molecule has 2 aromatic rings.